The minimum absolute atomic E-state index is 0.290. The minimum Gasteiger partial charge on any atom is -0.442 e. The molecule has 4 heteroatoms. The fraction of sp³-hybridized carbons (Fsp3) is 0.471. The number of para-hydroxylation sites is 1. The molecule has 1 heterocycles. The van der Waals surface area contributed by atoms with E-state index in [1.54, 1.807) is 5.01 Å². The molecule has 2 rings (SSSR count). The Bertz CT molecular complexity index is 491. The number of amides is 1. The van der Waals surface area contributed by atoms with Crippen LogP contribution in [0.3, 0.4) is 0 Å². The van der Waals surface area contributed by atoms with E-state index in [0.29, 0.717) is 13.1 Å². The van der Waals surface area contributed by atoms with Crippen LogP contribution >= 0.6 is 0 Å². The van der Waals surface area contributed by atoms with Gasteiger partial charge in [0.15, 0.2) is 0 Å². The Morgan fingerprint density at radius 1 is 1.14 bits per heavy atom. The Balaban J connectivity index is 2.24. The average Bonchev–Trinajstić information content (AvgIpc) is 2.37. The largest absolute Gasteiger partial charge is 0.442 e. The lowest BCUT2D eigenvalue weighted by Gasteiger charge is -2.37. The third kappa shape index (κ3) is 4.52. The molecule has 0 fully saturated rings. The summed E-state index contributed by atoms with van der Waals surface area (Å²) in [4.78, 5) is 12.5. The van der Waals surface area contributed by atoms with Crippen molar-refractivity contribution in [2.24, 2.45) is 0 Å². The standard InChI is InChI=1S/C17H24N2O2/c1-17(2,3)21-16(20)19-14-10-5-4-9-13-18(19)15-11-7-6-8-12-15/h4,6-9,11-12H,5,10,13-14H2,1-3H3/b9-4-. The third-order valence-corrected chi connectivity index (χ3v) is 3.14. The van der Waals surface area contributed by atoms with E-state index in [1.165, 1.54) is 0 Å². The number of benzene rings is 1. The zero-order valence-corrected chi connectivity index (χ0v) is 13.1. The quantitative estimate of drug-likeness (QED) is 0.732. The van der Waals surface area contributed by atoms with Crippen LogP contribution in [0.2, 0.25) is 0 Å². The highest BCUT2D eigenvalue weighted by atomic mass is 16.6. The van der Waals surface area contributed by atoms with Gasteiger partial charge in [-0.25, -0.2) is 9.80 Å². The first-order valence-corrected chi connectivity index (χ1v) is 7.45. The Labute approximate surface area is 127 Å². The van der Waals surface area contributed by atoms with Crippen LogP contribution in [0.15, 0.2) is 42.5 Å². The predicted octanol–water partition coefficient (Wildman–Crippen LogP) is 4.00. The van der Waals surface area contributed by atoms with E-state index in [9.17, 15) is 4.79 Å². The van der Waals surface area contributed by atoms with E-state index < -0.39 is 5.60 Å². The Morgan fingerprint density at radius 2 is 1.86 bits per heavy atom. The molecule has 0 N–H and O–H groups in total. The minimum atomic E-state index is -0.488. The van der Waals surface area contributed by atoms with Crippen molar-refractivity contribution in [2.75, 3.05) is 18.1 Å². The number of hydrogen-bond acceptors (Lipinski definition) is 3. The predicted molar refractivity (Wildman–Crippen MR) is 85.1 cm³/mol. The highest BCUT2D eigenvalue weighted by Gasteiger charge is 2.27. The molecule has 0 unspecified atom stereocenters. The van der Waals surface area contributed by atoms with Crippen LogP contribution in [-0.4, -0.2) is 29.8 Å². The molecule has 114 valence electrons. The molecule has 1 aliphatic heterocycles. The maximum absolute atomic E-state index is 12.5. The van der Waals surface area contributed by atoms with Gasteiger partial charge >= 0.3 is 6.09 Å². The normalized spacial score (nSPS) is 17.9. The smallest absolute Gasteiger partial charge is 0.429 e. The summed E-state index contributed by atoms with van der Waals surface area (Å²) >= 11 is 0. The molecule has 1 aliphatic rings. The molecule has 1 amide bonds. The molecule has 0 atom stereocenters. The maximum atomic E-state index is 12.5. The number of rotatable bonds is 1. The highest BCUT2D eigenvalue weighted by Crippen LogP contribution is 2.20. The summed E-state index contributed by atoms with van der Waals surface area (Å²) in [6, 6.07) is 9.94. The zero-order valence-electron chi connectivity index (χ0n) is 13.1. The SMILES string of the molecule is CC(C)(C)OC(=O)N1CCC/C=C\CN1c1ccccc1. The van der Waals surface area contributed by atoms with E-state index in [4.69, 9.17) is 4.74 Å². The molecule has 21 heavy (non-hydrogen) atoms. The molecular weight excluding hydrogens is 264 g/mol. The molecule has 0 aromatic heterocycles. The van der Waals surface area contributed by atoms with Crippen LogP contribution < -0.4 is 5.01 Å². The zero-order chi connectivity index (χ0) is 15.3. The molecule has 4 nitrogen and oxygen atoms in total. The van der Waals surface area contributed by atoms with Crippen molar-refractivity contribution >= 4 is 11.8 Å². The van der Waals surface area contributed by atoms with E-state index in [0.717, 1.165) is 18.5 Å². The number of carbonyl (C=O) groups is 1. The molecule has 0 bridgehead atoms. The number of hydrogen-bond donors (Lipinski definition) is 0. The molecular formula is C17H24N2O2. The molecule has 0 aliphatic carbocycles. The molecule has 0 radical (unpaired) electrons. The number of carbonyl (C=O) groups excluding carboxylic acids is 1. The summed E-state index contributed by atoms with van der Waals surface area (Å²) in [5, 5.41) is 3.69. The van der Waals surface area contributed by atoms with Crippen molar-refractivity contribution in [3.63, 3.8) is 0 Å². The number of ether oxygens (including phenoxy) is 1. The fourth-order valence-corrected chi connectivity index (χ4v) is 2.22. The number of hydrazine groups is 1. The average molecular weight is 288 g/mol. The number of anilines is 1. The van der Waals surface area contributed by atoms with Crippen LogP contribution in [0.4, 0.5) is 10.5 Å². The second-order valence-electron chi connectivity index (χ2n) is 6.13. The first-order chi connectivity index (χ1) is 9.97. The van der Waals surface area contributed by atoms with E-state index >= 15 is 0 Å². The van der Waals surface area contributed by atoms with Gasteiger partial charge < -0.3 is 4.74 Å². The number of allylic oxidation sites excluding steroid dienone is 1. The topological polar surface area (TPSA) is 32.8 Å². The third-order valence-electron chi connectivity index (χ3n) is 3.14. The molecule has 0 saturated carbocycles. The van der Waals surface area contributed by atoms with Crippen LogP contribution in [0.1, 0.15) is 33.6 Å². The van der Waals surface area contributed by atoms with Gasteiger partial charge in [0.05, 0.1) is 12.2 Å². The second kappa shape index (κ2) is 6.66. The Hall–Kier alpha value is -1.97. The van der Waals surface area contributed by atoms with Gasteiger partial charge in [0.1, 0.15) is 5.60 Å². The first kappa shape index (κ1) is 15.4. The van der Waals surface area contributed by atoms with Crippen molar-refractivity contribution < 1.29 is 9.53 Å². The van der Waals surface area contributed by atoms with Crippen molar-refractivity contribution in [1.29, 1.82) is 0 Å². The maximum Gasteiger partial charge on any atom is 0.429 e. The lowest BCUT2D eigenvalue weighted by Crippen LogP contribution is -2.49. The van der Waals surface area contributed by atoms with Crippen molar-refractivity contribution in [2.45, 2.75) is 39.2 Å². The molecule has 0 spiro atoms. The first-order valence-electron chi connectivity index (χ1n) is 7.45. The van der Waals surface area contributed by atoms with E-state index in [1.807, 2.05) is 56.1 Å². The summed E-state index contributed by atoms with van der Waals surface area (Å²) in [6.45, 7) is 7.00. The lowest BCUT2D eigenvalue weighted by molar-refractivity contribution is 0.0226. The summed E-state index contributed by atoms with van der Waals surface area (Å²) in [7, 11) is 0. The van der Waals surface area contributed by atoms with Gasteiger partial charge in [-0.15, -0.1) is 0 Å². The van der Waals surface area contributed by atoms with Crippen molar-refractivity contribution in [1.82, 2.24) is 5.01 Å². The second-order valence-corrected chi connectivity index (χ2v) is 6.13. The van der Waals surface area contributed by atoms with E-state index in [-0.39, 0.29) is 6.09 Å². The fourth-order valence-electron chi connectivity index (χ4n) is 2.22. The number of nitrogens with zero attached hydrogens (tertiary/aromatic N) is 2. The molecule has 0 saturated heterocycles. The van der Waals surface area contributed by atoms with Gasteiger partial charge in [-0.3, -0.25) is 5.01 Å². The van der Waals surface area contributed by atoms with Crippen LogP contribution in [-0.2, 0) is 4.74 Å². The van der Waals surface area contributed by atoms with Crippen molar-refractivity contribution in [3.05, 3.63) is 42.5 Å². The van der Waals surface area contributed by atoms with Crippen LogP contribution in [0.5, 0.6) is 0 Å². The van der Waals surface area contributed by atoms with Crippen molar-refractivity contribution in [3.8, 4) is 0 Å². The Morgan fingerprint density at radius 3 is 2.52 bits per heavy atom. The summed E-state index contributed by atoms with van der Waals surface area (Å²) in [5.74, 6) is 0. The van der Waals surface area contributed by atoms with E-state index in [2.05, 4.69) is 12.2 Å². The van der Waals surface area contributed by atoms with Gasteiger partial charge in [-0.05, 0) is 45.7 Å². The van der Waals surface area contributed by atoms with Gasteiger partial charge in [-0.1, -0.05) is 30.4 Å². The van der Waals surface area contributed by atoms with Gasteiger partial charge in [0.25, 0.3) is 0 Å². The summed E-state index contributed by atoms with van der Waals surface area (Å²) < 4.78 is 5.55. The monoisotopic (exact) mass is 288 g/mol. The van der Waals surface area contributed by atoms with Gasteiger partial charge in [0, 0.05) is 6.54 Å². The van der Waals surface area contributed by atoms with Gasteiger partial charge in [0.2, 0.25) is 0 Å². The lowest BCUT2D eigenvalue weighted by atomic mass is 10.2. The summed E-state index contributed by atoms with van der Waals surface area (Å²) in [5.41, 5.74) is 0.507. The van der Waals surface area contributed by atoms with Crippen LogP contribution in [0.25, 0.3) is 0 Å². The van der Waals surface area contributed by atoms with Crippen LogP contribution in [0, 0.1) is 0 Å². The molecule has 1 aromatic rings. The summed E-state index contributed by atoms with van der Waals surface area (Å²) in [6.07, 6.45) is 5.90. The van der Waals surface area contributed by atoms with Gasteiger partial charge in [-0.2, -0.15) is 0 Å². The molecule has 1 aromatic carbocycles. The Kier molecular flexibility index (Phi) is 4.89. The highest BCUT2D eigenvalue weighted by molar-refractivity contribution is 5.71.